The first-order valence-electron chi connectivity index (χ1n) is 7.17. The first-order chi connectivity index (χ1) is 11.8. The highest BCUT2D eigenvalue weighted by molar-refractivity contribution is 5.82. The number of hydrogen-bond donors (Lipinski definition) is 7. The van der Waals surface area contributed by atoms with E-state index in [2.05, 4.69) is 15.5 Å². The van der Waals surface area contributed by atoms with Gasteiger partial charge in [-0.25, -0.2) is 9.59 Å². The Morgan fingerprint density at radius 3 is 2.28 bits per heavy atom. The van der Waals surface area contributed by atoms with Crippen LogP contribution in [-0.2, 0) is 9.59 Å². The lowest BCUT2D eigenvalue weighted by Gasteiger charge is -2.17. The smallest absolute Gasteiger partial charge is 0.328 e. The average Bonchev–Trinajstić information content (AvgIpc) is 3.05. The third-order valence-electron chi connectivity index (χ3n) is 3.04. The van der Waals surface area contributed by atoms with Gasteiger partial charge in [0.15, 0.2) is 6.04 Å². The summed E-state index contributed by atoms with van der Waals surface area (Å²) in [6.45, 7) is -1.26. The largest absolute Gasteiger partial charge is 0.480 e. The van der Waals surface area contributed by atoms with E-state index >= 15 is 0 Å². The number of aliphatic carboxylic acids is 1. The van der Waals surface area contributed by atoms with Gasteiger partial charge in [0.25, 0.3) is 0 Å². The Morgan fingerprint density at radius 2 is 1.76 bits per heavy atom. The molecule has 0 saturated carbocycles. The molecule has 140 valence electrons. The molecule has 13 heteroatoms. The van der Waals surface area contributed by atoms with Crippen LogP contribution in [0.5, 0.6) is 0 Å². The monoisotopic (exact) mass is 360 g/mol. The van der Waals surface area contributed by atoms with Crippen LogP contribution in [0.1, 0.15) is 36.7 Å². The molecule has 0 aliphatic carbocycles. The molecule has 25 heavy (non-hydrogen) atoms. The number of aliphatic hydroxyl groups excluding tert-OH is 2. The quantitative estimate of drug-likeness (QED) is 0.225. The molecule has 0 bridgehead atoms. The highest BCUT2D eigenvalue weighted by Gasteiger charge is 2.25. The molecule has 0 aliphatic heterocycles. The maximum Gasteiger partial charge on any atom is 0.328 e. The summed E-state index contributed by atoms with van der Waals surface area (Å²) < 4.78 is 5.24. The zero-order valence-electron chi connectivity index (χ0n) is 13.1. The fraction of sp³-hybridized carbons (Fsp3) is 0.583. The molecule has 0 aromatic carbocycles. The molecule has 1 rings (SSSR count). The fourth-order valence-electron chi connectivity index (χ4n) is 1.70. The van der Waals surface area contributed by atoms with Gasteiger partial charge in [-0.15, -0.1) is 10.2 Å². The van der Waals surface area contributed by atoms with Crippen molar-refractivity contribution in [3.63, 3.8) is 0 Å². The molecule has 0 fully saturated rings. The van der Waals surface area contributed by atoms with Crippen molar-refractivity contribution in [2.45, 2.75) is 31.0 Å². The van der Waals surface area contributed by atoms with E-state index in [9.17, 15) is 14.4 Å². The van der Waals surface area contributed by atoms with Crippen molar-refractivity contribution >= 4 is 17.9 Å². The Kier molecular flexibility index (Phi) is 7.71. The maximum absolute atomic E-state index is 11.9. The lowest BCUT2D eigenvalue weighted by Crippen LogP contribution is -2.48. The molecule has 0 spiro atoms. The standard InChI is InChI=1S/C12H20N6O7/c13-5(3-19)9-17-18-10(25-9)6(1-2-8(14)21)15-12(24)16-7(4-20)11(22)23/h5-7,19-20H,1-4,13H2,(H2,14,21)(H,22,23)(H2,15,16,24)/t5-,6-,7-/m0/s1. The van der Waals surface area contributed by atoms with Gasteiger partial charge in [0.2, 0.25) is 17.7 Å². The first-order valence-corrected chi connectivity index (χ1v) is 7.17. The molecule has 1 aromatic rings. The van der Waals surface area contributed by atoms with Crippen LogP contribution in [-0.4, -0.2) is 62.7 Å². The SMILES string of the molecule is NC(=O)CC[C@H](NC(=O)N[C@@H](CO)C(=O)O)c1nnc([C@@H](N)CO)o1. The molecular weight excluding hydrogens is 340 g/mol. The number of rotatable bonds is 10. The number of carboxylic acid groups (broad SMARTS) is 1. The van der Waals surface area contributed by atoms with E-state index in [1.165, 1.54) is 0 Å². The highest BCUT2D eigenvalue weighted by atomic mass is 16.4. The second-order valence-corrected chi connectivity index (χ2v) is 5.02. The van der Waals surface area contributed by atoms with Gasteiger partial charge >= 0.3 is 12.0 Å². The Bertz CT molecular complexity index is 607. The van der Waals surface area contributed by atoms with Crippen LogP contribution in [0.4, 0.5) is 4.79 Å². The number of urea groups is 1. The predicted molar refractivity (Wildman–Crippen MR) is 79.7 cm³/mol. The van der Waals surface area contributed by atoms with E-state index in [4.69, 9.17) is 31.2 Å². The Morgan fingerprint density at radius 1 is 1.12 bits per heavy atom. The molecule has 0 unspecified atom stereocenters. The summed E-state index contributed by atoms with van der Waals surface area (Å²) in [6, 6.07) is -4.34. The van der Waals surface area contributed by atoms with E-state index in [-0.39, 0.29) is 24.6 Å². The lowest BCUT2D eigenvalue weighted by atomic mass is 10.1. The van der Waals surface area contributed by atoms with Crippen molar-refractivity contribution < 1.29 is 34.1 Å². The van der Waals surface area contributed by atoms with E-state index in [1.807, 2.05) is 5.32 Å². The molecule has 1 aromatic heterocycles. The number of primary amides is 1. The Hall–Kier alpha value is -2.77. The summed E-state index contributed by atoms with van der Waals surface area (Å²) in [7, 11) is 0. The number of nitrogens with zero attached hydrogens (tertiary/aromatic N) is 2. The summed E-state index contributed by atoms with van der Waals surface area (Å²) in [4.78, 5) is 33.6. The zero-order chi connectivity index (χ0) is 19.0. The Balaban J connectivity index is 2.85. The van der Waals surface area contributed by atoms with E-state index in [0.717, 1.165) is 0 Å². The number of aliphatic hydroxyl groups is 2. The summed E-state index contributed by atoms with van der Waals surface area (Å²) in [5.74, 6) is -2.26. The van der Waals surface area contributed by atoms with Gasteiger partial charge in [0.1, 0.15) is 12.1 Å². The molecule has 0 saturated heterocycles. The normalized spacial score (nSPS) is 14.4. The highest BCUT2D eigenvalue weighted by Crippen LogP contribution is 2.19. The number of carbonyl (C=O) groups is 3. The van der Waals surface area contributed by atoms with Crippen molar-refractivity contribution in [3.8, 4) is 0 Å². The van der Waals surface area contributed by atoms with Crippen molar-refractivity contribution in [1.29, 1.82) is 0 Å². The number of hydrogen-bond acceptors (Lipinski definition) is 9. The van der Waals surface area contributed by atoms with Crippen LogP contribution in [0.2, 0.25) is 0 Å². The van der Waals surface area contributed by atoms with Crippen molar-refractivity contribution in [1.82, 2.24) is 20.8 Å². The molecule has 0 radical (unpaired) electrons. The minimum atomic E-state index is -1.52. The molecule has 3 amide bonds. The van der Waals surface area contributed by atoms with Crippen LogP contribution in [0.3, 0.4) is 0 Å². The van der Waals surface area contributed by atoms with E-state index in [0.29, 0.717) is 0 Å². The fourth-order valence-corrected chi connectivity index (χ4v) is 1.70. The molecule has 0 aliphatic rings. The maximum atomic E-state index is 11.9. The van der Waals surface area contributed by atoms with Gasteiger partial charge in [-0.2, -0.15) is 0 Å². The van der Waals surface area contributed by atoms with Crippen LogP contribution in [0.25, 0.3) is 0 Å². The number of amides is 3. The molecule has 1 heterocycles. The second-order valence-electron chi connectivity index (χ2n) is 5.02. The number of carbonyl (C=O) groups excluding carboxylic acids is 2. The second kappa shape index (κ2) is 9.51. The van der Waals surface area contributed by atoms with Gasteiger partial charge in [0.05, 0.1) is 13.2 Å². The van der Waals surface area contributed by atoms with Gasteiger partial charge in [-0.1, -0.05) is 0 Å². The van der Waals surface area contributed by atoms with Crippen molar-refractivity contribution in [2.75, 3.05) is 13.2 Å². The van der Waals surface area contributed by atoms with Gasteiger partial charge in [0, 0.05) is 6.42 Å². The lowest BCUT2D eigenvalue weighted by molar-refractivity contribution is -0.140. The average molecular weight is 360 g/mol. The molecular formula is C12H20N6O7. The minimum Gasteiger partial charge on any atom is -0.480 e. The van der Waals surface area contributed by atoms with Crippen LogP contribution in [0.15, 0.2) is 4.42 Å². The van der Waals surface area contributed by atoms with Gasteiger partial charge in [-0.05, 0) is 6.42 Å². The first kappa shape index (κ1) is 20.3. The van der Waals surface area contributed by atoms with E-state index < -0.39 is 49.2 Å². The number of nitrogens with two attached hydrogens (primary N) is 2. The molecule has 13 nitrogen and oxygen atoms in total. The topological polar surface area (TPSA) is 227 Å². The zero-order valence-corrected chi connectivity index (χ0v) is 13.1. The van der Waals surface area contributed by atoms with Crippen LogP contribution < -0.4 is 22.1 Å². The summed E-state index contributed by atoms with van der Waals surface area (Å²) in [5, 5.41) is 38.3. The Labute approximate surface area is 141 Å². The third kappa shape index (κ3) is 6.33. The number of nitrogens with one attached hydrogen (secondary N) is 2. The summed E-state index contributed by atoms with van der Waals surface area (Å²) >= 11 is 0. The number of carboxylic acids is 1. The van der Waals surface area contributed by atoms with Crippen LogP contribution >= 0.6 is 0 Å². The summed E-state index contributed by atoms with van der Waals surface area (Å²) in [5.41, 5.74) is 10.6. The predicted octanol–water partition coefficient (Wildman–Crippen LogP) is -2.89. The molecule has 9 N–H and O–H groups in total. The van der Waals surface area contributed by atoms with Crippen molar-refractivity contribution in [3.05, 3.63) is 11.8 Å². The van der Waals surface area contributed by atoms with E-state index in [1.54, 1.807) is 0 Å². The van der Waals surface area contributed by atoms with Gasteiger partial charge in [-0.3, -0.25) is 4.79 Å². The number of aromatic nitrogens is 2. The van der Waals surface area contributed by atoms with Gasteiger partial charge < -0.3 is 41.8 Å². The minimum absolute atomic E-state index is 0.00435. The van der Waals surface area contributed by atoms with Crippen molar-refractivity contribution in [2.24, 2.45) is 11.5 Å². The third-order valence-corrected chi connectivity index (χ3v) is 3.04. The summed E-state index contributed by atoms with van der Waals surface area (Å²) in [6.07, 6.45) is -0.132. The molecule has 3 atom stereocenters. The van der Waals surface area contributed by atoms with Crippen LogP contribution in [0, 0.1) is 0 Å².